The van der Waals surface area contributed by atoms with Crippen LogP contribution in [0.1, 0.15) is 44.1 Å². The third-order valence-electron chi connectivity index (χ3n) is 3.86. The number of nitrogens with zero attached hydrogens (tertiary/aromatic N) is 3. The van der Waals surface area contributed by atoms with Gasteiger partial charge in [-0.1, -0.05) is 25.3 Å². The van der Waals surface area contributed by atoms with E-state index in [4.69, 9.17) is 5.26 Å². The smallest absolute Gasteiger partial charge is 0.226 e. The molecule has 1 aromatic heterocycles. The van der Waals surface area contributed by atoms with Crippen molar-refractivity contribution in [1.29, 1.82) is 5.26 Å². The van der Waals surface area contributed by atoms with E-state index in [-0.39, 0.29) is 11.8 Å². The molecule has 0 N–H and O–H groups in total. The van der Waals surface area contributed by atoms with Gasteiger partial charge >= 0.3 is 0 Å². The minimum absolute atomic E-state index is 0.152. The molecule has 0 atom stereocenters. The average Bonchev–Trinajstić information content (AvgIpc) is 2.52. The zero-order valence-corrected chi connectivity index (χ0v) is 11.8. The van der Waals surface area contributed by atoms with E-state index in [1.54, 1.807) is 12.4 Å². The lowest BCUT2D eigenvalue weighted by Crippen LogP contribution is -2.37. The van der Waals surface area contributed by atoms with Crippen LogP contribution in [-0.2, 0) is 11.3 Å². The third-order valence-corrected chi connectivity index (χ3v) is 3.86. The number of hydrogen-bond donors (Lipinski definition) is 0. The van der Waals surface area contributed by atoms with E-state index in [0.29, 0.717) is 19.5 Å². The fourth-order valence-electron chi connectivity index (χ4n) is 2.77. The van der Waals surface area contributed by atoms with Crippen molar-refractivity contribution in [2.24, 2.45) is 5.92 Å². The Kier molecular flexibility index (Phi) is 5.55. The van der Waals surface area contributed by atoms with Crippen molar-refractivity contribution in [3.05, 3.63) is 30.1 Å². The Hall–Kier alpha value is -1.89. The molecule has 0 radical (unpaired) electrons. The summed E-state index contributed by atoms with van der Waals surface area (Å²) < 4.78 is 0. The van der Waals surface area contributed by atoms with E-state index >= 15 is 0 Å². The van der Waals surface area contributed by atoms with Crippen LogP contribution >= 0.6 is 0 Å². The lowest BCUT2D eigenvalue weighted by molar-refractivity contribution is -0.137. The number of carbonyl (C=O) groups excluding carboxylic acids is 1. The first-order valence-corrected chi connectivity index (χ1v) is 7.36. The predicted molar refractivity (Wildman–Crippen MR) is 76.5 cm³/mol. The van der Waals surface area contributed by atoms with Crippen LogP contribution in [0.15, 0.2) is 24.5 Å². The van der Waals surface area contributed by atoms with E-state index < -0.39 is 0 Å². The van der Waals surface area contributed by atoms with Gasteiger partial charge in [0.1, 0.15) is 0 Å². The van der Waals surface area contributed by atoms with Crippen molar-refractivity contribution in [3.8, 4) is 6.07 Å². The van der Waals surface area contributed by atoms with E-state index in [0.717, 1.165) is 31.2 Å². The van der Waals surface area contributed by atoms with Crippen molar-refractivity contribution < 1.29 is 4.79 Å². The first-order valence-electron chi connectivity index (χ1n) is 7.36. The van der Waals surface area contributed by atoms with Crippen LogP contribution in [0.5, 0.6) is 0 Å². The molecule has 1 aromatic rings. The highest BCUT2D eigenvalue weighted by atomic mass is 16.2. The molecule has 0 aliphatic heterocycles. The quantitative estimate of drug-likeness (QED) is 0.827. The second-order valence-electron chi connectivity index (χ2n) is 5.36. The van der Waals surface area contributed by atoms with Crippen LogP contribution in [0, 0.1) is 17.2 Å². The standard InChI is InChI=1S/C16H21N3O/c17-9-5-11-19(13-14-6-4-10-18-12-14)16(20)15-7-2-1-3-8-15/h4,6,10,12,15H,1-3,5,7-8,11,13H2. The van der Waals surface area contributed by atoms with Gasteiger partial charge in [-0.25, -0.2) is 0 Å². The largest absolute Gasteiger partial charge is 0.337 e. The van der Waals surface area contributed by atoms with Crippen LogP contribution in [-0.4, -0.2) is 22.3 Å². The number of hydrogen-bond acceptors (Lipinski definition) is 3. The molecular formula is C16H21N3O. The van der Waals surface area contributed by atoms with Crippen molar-refractivity contribution in [3.63, 3.8) is 0 Å². The van der Waals surface area contributed by atoms with Gasteiger partial charge < -0.3 is 4.90 Å². The maximum absolute atomic E-state index is 12.6. The number of amides is 1. The summed E-state index contributed by atoms with van der Waals surface area (Å²) in [5.41, 5.74) is 1.02. The van der Waals surface area contributed by atoms with Crippen LogP contribution in [0.3, 0.4) is 0 Å². The lowest BCUT2D eigenvalue weighted by Gasteiger charge is -2.29. The summed E-state index contributed by atoms with van der Waals surface area (Å²) in [6, 6.07) is 5.98. The molecule has 0 saturated heterocycles. The minimum Gasteiger partial charge on any atom is -0.337 e. The molecule has 1 amide bonds. The molecule has 0 bridgehead atoms. The van der Waals surface area contributed by atoms with Crippen LogP contribution in [0.2, 0.25) is 0 Å². The van der Waals surface area contributed by atoms with Gasteiger partial charge in [0.15, 0.2) is 0 Å². The fraction of sp³-hybridized carbons (Fsp3) is 0.562. The Balaban J connectivity index is 2.02. The summed E-state index contributed by atoms with van der Waals surface area (Å²) in [4.78, 5) is 18.5. The summed E-state index contributed by atoms with van der Waals surface area (Å²) in [7, 11) is 0. The number of rotatable bonds is 5. The Morgan fingerprint density at radius 1 is 1.40 bits per heavy atom. The molecule has 1 aliphatic carbocycles. The highest BCUT2D eigenvalue weighted by Gasteiger charge is 2.25. The van der Waals surface area contributed by atoms with Crippen molar-refractivity contribution in [2.45, 2.75) is 45.1 Å². The summed E-state index contributed by atoms with van der Waals surface area (Å²) in [5, 5.41) is 8.77. The Labute approximate surface area is 120 Å². The van der Waals surface area contributed by atoms with Crippen LogP contribution in [0.4, 0.5) is 0 Å². The summed E-state index contributed by atoms with van der Waals surface area (Å²) in [5.74, 6) is 0.364. The van der Waals surface area contributed by atoms with Crippen molar-refractivity contribution >= 4 is 5.91 Å². The molecule has 1 heterocycles. The Bertz CT molecular complexity index is 460. The zero-order chi connectivity index (χ0) is 14.2. The van der Waals surface area contributed by atoms with E-state index in [1.807, 2.05) is 17.0 Å². The molecule has 1 saturated carbocycles. The van der Waals surface area contributed by atoms with E-state index in [9.17, 15) is 4.79 Å². The molecule has 20 heavy (non-hydrogen) atoms. The summed E-state index contributed by atoms with van der Waals surface area (Å²) in [6.45, 7) is 1.07. The SMILES string of the molecule is N#CCCN(Cc1cccnc1)C(=O)C1CCCCC1. The van der Waals surface area contributed by atoms with Gasteiger partial charge in [0.05, 0.1) is 12.5 Å². The Morgan fingerprint density at radius 2 is 2.20 bits per heavy atom. The highest BCUT2D eigenvalue weighted by molar-refractivity contribution is 5.79. The van der Waals surface area contributed by atoms with Gasteiger partial charge in [-0.15, -0.1) is 0 Å². The molecule has 0 spiro atoms. The third kappa shape index (κ3) is 4.06. The monoisotopic (exact) mass is 271 g/mol. The predicted octanol–water partition coefficient (Wildman–Crippen LogP) is 2.90. The van der Waals surface area contributed by atoms with Crippen molar-refractivity contribution in [1.82, 2.24) is 9.88 Å². The minimum atomic E-state index is 0.152. The van der Waals surface area contributed by atoms with Gasteiger partial charge in [0.25, 0.3) is 0 Å². The summed E-state index contributed by atoms with van der Waals surface area (Å²) >= 11 is 0. The molecule has 0 unspecified atom stereocenters. The van der Waals surface area contributed by atoms with E-state index in [1.165, 1.54) is 6.42 Å². The molecule has 0 aromatic carbocycles. The molecule has 1 fully saturated rings. The van der Waals surface area contributed by atoms with E-state index in [2.05, 4.69) is 11.1 Å². The second-order valence-corrected chi connectivity index (χ2v) is 5.36. The van der Waals surface area contributed by atoms with Crippen molar-refractivity contribution in [2.75, 3.05) is 6.54 Å². The molecule has 106 valence electrons. The van der Waals surface area contributed by atoms with Gasteiger partial charge in [-0.2, -0.15) is 5.26 Å². The highest BCUT2D eigenvalue weighted by Crippen LogP contribution is 2.26. The maximum atomic E-state index is 12.6. The number of pyridine rings is 1. The normalized spacial score (nSPS) is 15.6. The lowest BCUT2D eigenvalue weighted by atomic mass is 9.88. The first-order chi connectivity index (χ1) is 9.81. The van der Waals surface area contributed by atoms with Gasteiger partial charge in [-0.3, -0.25) is 9.78 Å². The topological polar surface area (TPSA) is 57.0 Å². The average molecular weight is 271 g/mol. The molecule has 2 rings (SSSR count). The van der Waals surface area contributed by atoms with Crippen LogP contribution in [0.25, 0.3) is 0 Å². The number of aromatic nitrogens is 1. The van der Waals surface area contributed by atoms with Gasteiger partial charge in [-0.05, 0) is 24.5 Å². The molecular weight excluding hydrogens is 250 g/mol. The Morgan fingerprint density at radius 3 is 2.85 bits per heavy atom. The second kappa shape index (κ2) is 7.64. The first kappa shape index (κ1) is 14.5. The maximum Gasteiger partial charge on any atom is 0.226 e. The van der Waals surface area contributed by atoms with Gasteiger partial charge in [0, 0.05) is 31.4 Å². The zero-order valence-electron chi connectivity index (χ0n) is 11.8. The number of carbonyl (C=O) groups is 1. The summed E-state index contributed by atoms with van der Waals surface area (Å²) in [6.07, 6.45) is 9.43. The fourth-order valence-corrected chi connectivity index (χ4v) is 2.77. The molecule has 4 nitrogen and oxygen atoms in total. The van der Waals surface area contributed by atoms with Crippen LogP contribution < -0.4 is 0 Å². The van der Waals surface area contributed by atoms with Gasteiger partial charge in [0.2, 0.25) is 5.91 Å². The number of nitriles is 1. The molecule has 4 heteroatoms. The molecule has 1 aliphatic rings.